The van der Waals surface area contributed by atoms with Crippen molar-refractivity contribution in [3.8, 4) is 0 Å². The lowest BCUT2D eigenvalue weighted by atomic mass is 9.94. The summed E-state index contributed by atoms with van der Waals surface area (Å²) in [6, 6.07) is 0. The van der Waals surface area contributed by atoms with E-state index in [1.807, 2.05) is 26.8 Å². The highest BCUT2D eigenvalue weighted by Crippen LogP contribution is 2.32. The average Bonchev–Trinajstić information content (AvgIpc) is 2.23. The smallest absolute Gasteiger partial charge is 0.122 e. The van der Waals surface area contributed by atoms with E-state index in [0.29, 0.717) is 0 Å². The lowest BCUT2D eigenvalue weighted by molar-refractivity contribution is 0.0211. The number of ether oxygens (including phenoxy) is 1. The van der Waals surface area contributed by atoms with Gasteiger partial charge >= 0.3 is 0 Å². The first-order valence-electron chi connectivity index (χ1n) is 5.76. The quantitative estimate of drug-likeness (QED) is 0.643. The normalized spacial score (nSPS) is 19.3. The zero-order chi connectivity index (χ0) is 11.9. The van der Waals surface area contributed by atoms with Crippen LogP contribution in [0.4, 0.5) is 0 Å². The third-order valence-electron chi connectivity index (χ3n) is 2.25. The Kier molecular flexibility index (Phi) is 6.07. The van der Waals surface area contributed by atoms with Crippen LogP contribution in [0.1, 0.15) is 47.5 Å². The SMILES string of the molecule is C=CC1=C(/C=C\C)CCC(C)(C)O1.CC. The summed E-state index contributed by atoms with van der Waals surface area (Å²) in [5.74, 6) is 0.939. The first kappa shape index (κ1) is 14.0. The Bertz CT molecular complexity index is 257. The van der Waals surface area contributed by atoms with Crippen molar-refractivity contribution in [1.82, 2.24) is 0 Å². The van der Waals surface area contributed by atoms with E-state index in [4.69, 9.17) is 4.74 Å². The maximum absolute atomic E-state index is 5.80. The predicted octanol–water partition coefficient (Wildman–Crippen LogP) is 4.62. The van der Waals surface area contributed by atoms with E-state index in [2.05, 4.69) is 26.5 Å². The van der Waals surface area contributed by atoms with Crippen LogP contribution in [0.25, 0.3) is 0 Å². The van der Waals surface area contributed by atoms with Crippen LogP contribution < -0.4 is 0 Å². The predicted molar refractivity (Wildman–Crippen MR) is 67.8 cm³/mol. The zero-order valence-electron chi connectivity index (χ0n) is 10.8. The van der Waals surface area contributed by atoms with Crippen molar-refractivity contribution in [2.45, 2.75) is 53.1 Å². The Hall–Kier alpha value is -0.980. The van der Waals surface area contributed by atoms with Gasteiger partial charge in [-0.3, -0.25) is 0 Å². The topological polar surface area (TPSA) is 9.23 Å². The van der Waals surface area contributed by atoms with Crippen LogP contribution in [0.15, 0.2) is 36.1 Å². The van der Waals surface area contributed by atoms with E-state index < -0.39 is 0 Å². The fraction of sp³-hybridized carbons (Fsp3) is 0.571. The first-order valence-corrected chi connectivity index (χ1v) is 5.76. The highest BCUT2D eigenvalue weighted by molar-refractivity contribution is 5.30. The second-order valence-electron chi connectivity index (χ2n) is 3.96. The van der Waals surface area contributed by atoms with Gasteiger partial charge in [-0.1, -0.05) is 32.6 Å². The van der Waals surface area contributed by atoms with Crippen LogP contribution in [0.3, 0.4) is 0 Å². The summed E-state index contributed by atoms with van der Waals surface area (Å²) < 4.78 is 5.80. The van der Waals surface area contributed by atoms with Crippen molar-refractivity contribution in [3.63, 3.8) is 0 Å². The molecule has 1 heterocycles. The molecule has 0 aromatic heterocycles. The van der Waals surface area contributed by atoms with Crippen LogP contribution in [-0.4, -0.2) is 5.60 Å². The lowest BCUT2D eigenvalue weighted by Crippen LogP contribution is -2.27. The molecule has 0 bridgehead atoms. The second-order valence-corrected chi connectivity index (χ2v) is 3.96. The summed E-state index contributed by atoms with van der Waals surface area (Å²) >= 11 is 0. The Balaban J connectivity index is 0.000000921. The average molecular weight is 208 g/mol. The van der Waals surface area contributed by atoms with Gasteiger partial charge in [-0.25, -0.2) is 0 Å². The molecule has 0 saturated heterocycles. The Morgan fingerprint density at radius 2 is 1.93 bits per heavy atom. The Morgan fingerprint density at radius 3 is 2.40 bits per heavy atom. The molecule has 1 aliphatic heterocycles. The van der Waals surface area contributed by atoms with E-state index in [0.717, 1.165) is 18.6 Å². The van der Waals surface area contributed by atoms with Gasteiger partial charge in [0.05, 0.1) is 0 Å². The van der Waals surface area contributed by atoms with Crippen molar-refractivity contribution in [1.29, 1.82) is 0 Å². The van der Waals surface area contributed by atoms with E-state index >= 15 is 0 Å². The summed E-state index contributed by atoms with van der Waals surface area (Å²) in [7, 11) is 0. The molecule has 1 aliphatic rings. The van der Waals surface area contributed by atoms with Crippen LogP contribution in [0.2, 0.25) is 0 Å². The minimum absolute atomic E-state index is 0.0331. The van der Waals surface area contributed by atoms with Crippen LogP contribution in [-0.2, 0) is 4.74 Å². The minimum atomic E-state index is -0.0331. The van der Waals surface area contributed by atoms with Gasteiger partial charge in [-0.2, -0.15) is 0 Å². The molecule has 1 heteroatoms. The van der Waals surface area contributed by atoms with Crippen molar-refractivity contribution in [2.75, 3.05) is 0 Å². The van der Waals surface area contributed by atoms with Gasteiger partial charge in [-0.15, -0.1) is 0 Å². The molecule has 0 amide bonds. The molecular weight excluding hydrogens is 184 g/mol. The molecular formula is C14H24O. The first-order chi connectivity index (χ1) is 7.09. The maximum atomic E-state index is 5.80. The molecule has 0 atom stereocenters. The van der Waals surface area contributed by atoms with E-state index in [1.165, 1.54) is 5.57 Å². The molecule has 86 valence electrons. The van der Waals surface area contributed by atoms with Gasteiger partial charge in [-0.05, 0) is 45.3 Å². The molecule has 0 aromatic carbocycles. The van der Waals surface area contributed by atoms with Gasteiger partial charge < -0.3 is 4.74 Å². The molecule has 0 N–H and O–H groups in total. The molecule has 0 saturated carbocycles. The number of hydrogen-bond donors (Lipinski definition) is 0. The van der Waals surface area contributed by atoms with E-state index in [9.17, 15) is 0 Å². The van der Waals surface area contributed by atoms with Crippen LogP contribution >= 0.6 is 0 Å². The molecule has 1 rings (SSSR count). The highest BCUT2D eigenvalue weighted by atomic mass is 16.5. The molecule has 0 fully saturated rings. The number of rotatable bonds is 2. The molecule has 0 spiro atoms. The van der Waals surface area contributed by atoms with Gasteiger partial charge in [0.15, 0.2) is 0 Å². The van der Waals surface area contributed by atoms with Crippen LogP contribution in [0.5, 0.6) is 0 Å². The Morgan fingerprint density at radius 1 is 1.33 bits per heavy atom. The maximum Gasteiger partial charge on any atom is 0.122 e. The van der Waals surface area contributed by atoms with Gasteiger partial charge in [0, 0.05) is 0 Å². The van der Waals surface area contributed by atoms with Crippen molar-refractivity contribution in [3.05, 3.63) is 36.1 Å². The monoisotopic (exact) mass is 208 g/mol. The summed E-state index contributed by atoms with van der Waals surface area (Å²) in [4.78, 5) is 0. The van der Waals surface area contributed by atoms with E-state index in [1.54, 1.807) is 6.08 Å². The summed E-state index contributed by atoms with van der Waals surface area (Å²) in [6.07, 6.45) is 8.10. The van der Waals surface area contributed by atoms with Crippen molar-refractivity contribution >= 4 is 0 Å². The largest absolute Gasteiger partial charge is 0.488 e. The van der Waals surface area contributed by atoms with Crippen LogP contribution in [0, 0.1) is 0 Å². The zero-order valence-corrected chi connectivity index (χ0v) is 10.8. The van der Waals surface area contributed by atoms with Gasteiger partial charge in [0.2, 0.25) is 0 Å². The molecule has 15 heavy (non-hydrogen) atoms. The van der Waals surface area contributed by atoms with E-state index in [-0.39, 0.29) is 5.60 Å². The second kappa shape index (κ2) is 6.49. The number of allylic oxidation sites excluding steroid dienone is 4. The standard InChI is InChI=1S/C12H18O.C2H6/c1-5-7-10-8-9-12(3,4)13-11(10)6-2;1-2/h5-7H,2,8-9H2,1,3-4H3;1-2H3/b7-5-;. The van der Waals surface area contributed by atoms with Crippen molar-refractivity contribution in [2.24, 2.45) is 0 Å². The fourth-order valence-corrected chi connectivity index (χ4v) is 1.51. The summed E-state index contributed by atoms with van der Waals surface area (Å²) in [5.41, 5.74) is 1.23. The fourth-order valence-electron chi connectivity index (χ4n) is 1.51. The lowest BCUT2D eigenvalue weighted by Gasteiger charge is -2.32. The summed E-state index contributed by atoms with van der Waals surface area (Å²) in [5, 5.41) is 0. The van der Waals surface area contributed by atoms with Gasteiger partial charge in [0.25, 0.3) is 0 Å². The molecule has 1 nitrogen and oxygen atoms in total. The van der Waals surface area contributed by atoms with Gasteiger partial charge in [0.1, 0.15) is 11.4 Å². The third-order valence-corrected chi connectivity index (χ3v) is 2.25. The minimum Gasteiger partial charge on any atom is -0.488 e. The molecule has 0 aliphatic carbocycles. The van der Waals surface area contributed by atoms with Crippen molar-refractivity contribution < 1.29 is 4.74 Å². The molecule has 0 aromatic rings. The third kappa shape index (κ3) is 4.37. The highest BCUT2D eigenvalue weighted by Gasteiger charge is 2.25. The number of hydrogen-bond acceptors (Lipinski definition) is 1. The molecule has 0 radical (unpaired) electrons. The molecule has 0 unspecified atom stereocenters. The summed E-state index contributed by atoms with van der Waals surface area (Å²) in [6.45, 7) is 14.0. The Labute approximate surface area is 94.5 Å².